The summed E-state index contributed by atoms with van der Waals surface area (Å²) >= 11 is 5.87. The van der Waals surface area contributed by atoms with E-state index in [2.05, 4.69) is 10.2 Å². The minimum atomic E-state index is -0.338. The molecule has 0 fully saturated rings. The number of nitrogens with zero attached hydrogens (tertiary/aromatic N) is 1. The Balaban J connectivity index is 2.56. The number of hydrogen-bond donors (Lipinski definition) is 2. The largest absolute Gasteiger partial charge is 0.382 e. The Morgan fingerprint density at radius 2 is 2.24 bits per heavy atom. The number of aromatic amines is 1. The summed E-state index contributed by atoms with van der Waals surface area (Å²) in [7, 11) is 0. The van der Waals surface area contributed by atoms with Crippen molar-refractivity contribution in [3.8, 4) is 11.3 Å². The Bertz CT molecular complexity index is 537. The van der Waals surface area contributed by atoms with Gasteiger partial charge in [-0.05, 0) is 24.6 Å². The van der Waals surface area contributed by atoms with Crippen LogP contribution in [0.2, 0.25) is 5.02 Å². The Labute approximate surface area is 104 Å². The summed E-state index contributed by atoms with van der Waals surface area (Å²) in [6, 6.07) is 4.42. The van der Waals surface area contributed by atoms with Crippen LogP contribution in [0.5, 0.6) is 0 Å². The van der Waals surface area contributed by atoms with E-state index in [9.17, 15) is 4.39 Å². The van der Waals surface area contributed by atoms with Gasteiger partial charge in [-0.15, -0.1) is 0 Å². The van der Waals surface area contributed by atoms with Gasteiger partial charge >= 0.3 is 0 Å². The highest BCUT2D eigenvalue weighted by Crippen LogP contribution is 2.30. The third-order valence-corrected chi connectivity index (χ3v) is 2.83. The number of anilines is 1. The number of aromatic nitrogens is 2. The molecule has 90 valence electrons. The Morgan fingerprint density at radius 1 is 1.47 bits per heavy atom. The van der Waals surface area contributed by atoms with Gasteiger partial charge in [0.2, 0.25) is 0 Å². The van der Waals surface area contributed by atoms with Crippen molar-refractivity contribution in [1.29, 1.82) is 0 Å². The summed E-state index contributed by atoms with van der Waals surface area (Å²) in [5, 5.41) is 7.18. The van der Waals surface area contributed by atoms with Crippen molar-refractivity contribution in [1.82, 2.24) is 10.2 Å². The van der Waals surface area contributed by atoms with Crippen molar-refractivity contribution in [2.24, 2.45) is 0 Å². The van der Waals surface area contributed by atoms with E-state index in [4.69, 9.17) is 17.3 Å². The highest BCUT2D eigenvalue weighted by Gasteiger charge is 2.15. The molecule has 0 amide bonds. The number of nitrogen functional groups attached to an aromatic ring is 1. The van der Waals surface area contributed by atoms with Crippen LogP contribution in [0.4, 0.5) is 10.2 Å². The van der Waals surface area contributed by atoms with Crippen LogP contribution in [0.3, 0.4) is 0 Å². The summed E-state index contributed by atoms with van der Waals surface area (Å²) in [6.07, 6.45) is 1.67. The molecule has 0 radical (unpaired) electrons. The van der Waals surface area contributed by atoms with Gasteiger partial charge in [0.05, 0.1) is 5.69 Å². The molecule has 1 aromatic heterocycles. The fourth-order valence-corrected chi connectivity index (χ4v) is 1.97. The second kappa shape index (κ2) is 4.75. The zero-order valence-corrected chi connectivity index (χ0v) is 10.2. The van der Waals surface area contributed by atoms with Gasteiger partial charge in [0.15, 0.2) is 0 Å². The first kappa shape index (κ1) is 11.9. The van der Waals surface area contributed by atoms with E-state index in [-0.39, 0.29) is 5.82 Å². The molecule has 0 atom stereocenters. The van der Waals surface area contributed by atoms with Crippen LogP contribution in [0.1, 0.15) is 18.9 Å². The SMILES string of the molecule is CCCc1c(N)n[nH]c1-c1cc(Cl)ccc1F. The molecule has 0 aliphatic carbocycles. The molecule has 0 aliphatic heterocycles. The van der Waals surface area contributed by atoms with Crippen molar-refractivity contribution < 1.29 is 4.39 Å². The van der Waals surface area contributed by atoms with E-state index in [1.807, 2.05) is 6.92 Å². The van der Waals surface area contributed by atoms with E-state index in [0.29, 0.717) is 22.1 Å². The predicted molar refractivity (Wildman–Crippen MR) is 67.4 cm³/mol. The average molecular weight is 254 g/mol. The van der Waals surface area contributed by atoms with Crippen LogP contribution < -0.4 is 5.73 Å². The zero-order chi connectivity index (χ0) is 12.4. The van der Waals surface area contributed by atoms with Crippen molar-refractivity contribution in [2.75, 3.05) is 5.73 Å². The second-order valence-electron chi connectivity index (χ2n) is 3.84. The van der Waals surface area contributed by atoms with E-state index in [0.717, 1.165) is 18.4 Å². The van der Waals surface area contributed by atoms with Gasteiger partial charge in [-0.2, -0.15) is 5.10 Å². The van der Waals surface area contributed by atoms with Crippen molar-refractivity contribution in [3.63, 3.8) is 0 Å². The van der Waals surface area contributed by atoms with Gasteiger partial charge in [-0.3, -0.25) is 5.10 Å². The maximum atomic E-state index is 13.7. The van der Waals surface area contributed by atoms with Gasteiger partial charge < -0.3 is 5.73 Å². The summed E-state index contributed by atoms with van der Waals surface area (Å²) in [6.45, 7) is 2.03. The quantitative estimate of drug-likeness (QED) is 0.881. The summed E-state index contributed by atoms with van der Waals surface area (Å²) in [5.74, 6) is 0.0802. The van der Waals surface area contributed by atoms with Crippen molar-refractivity contribution in [2.45, 2.75) is 19.8 Å². The topological polar surface area (TPSA) is 54.7 Å². The lowest BCUT2D eigenvalue weighted by atomic mass is 10.0. The van der Waals surface area contributed by atoms with E-state index in [1.54, 1.807) is 6.07 Å². The molecule has 1 heterocycles. The van der Waals surface area contributed by atoms with E-state index in [1.165, 1.54) is 12.1 Å². The molecule has 3 nitrogen and oxygen atoms in total. The molecule has 0 aliphatic rings. The summed E-state index contributed by atoms with van der Waals surface area (Å²) in [4.78, 5) is 0. The minimum absolute atomic E-state index is 0.338. The molecule has 0 bridgehead atoms. The van der Waals surface area contributed by atoms with Crippen LogP contribution in [0.15, 0.2) is 18.2 Å². The normalized spacial score (nSPS) is 10.8. The standard InChI is InChI=1S/C12H13ClFN3/c1-2-3-8-11(16-17-12(8)15)9-6-7(13)4-5-10(9)14/h4-6H,2-3H2,1H3,(H3,15,16,17). The van der Waals surface area contributed by atoms with E-state index >= 15 is 0 Å². The fraction of sp³-hybridized carbons (Fsp3) is 0.250. The van der Waals surface area contributed by atoms with Gasteiger partial charge in [-0.25, -0.2) is 4.39 Å². The first-order chi connectivity index (χ1) is 8.13. The molecule has 0 spiro atoms. The third-order valence-electron chi connectivity index (χ3n) is 2.60. The smallest absolute Gasteiger partial charge is 0.149 e. The second-order valence-corrected chi connectivity index (χ2v) is 4.27. The number of H-pyrrole nitrogens is 1. The lowest BCUT2D eigenvalue weighted by Crippen LogP contribution is -1.94. The number of nitrogens with two attached hydrogens (primary N) is 1. The summed E-state index contributed by atoms with van der Waals surface area (Å²) in [5.41, 5.74) is 7.62. The monoisotopic (exact) mass is 253 g/mol. The molecule has 2 rings (SSSR count). The number of rotatable bonds is 3. The Hall–Kier alpha value is -1.55. The van der Waals surface area contributed by atoms with Gasteiger partial charge in [-0.1, -0.05) is 24.9 Å². The minimum Gasteiger partial charge on any atom is -0.382 e. The molecule has 0 unspecified atom stereocenters. The van der Waals surface area contributed by atoms with E-state index < -0.39 is 0 Å². The molecular formula is C12H13ClFN3. The third kappa shape index (κ3) is 2.26. The zero-order valence-electron chi connectivity index (χ0n) is 9.43. The molecular weight excluding hydrogens is 241 g/mol. The maximum Gasteiger partial charge on any atom is 0.149 e. The molecule has 0 saturated carbocycles. The molecule has 1 aromatic carbocycles. The van der Waals surface area contributed by atoms with Crippen LogP contribution in [0, 0.1) is 5.82 Å². The first-order valence-electron chi connectivity index (χ1n) is 5.41. The molecule has 17 heavy (non-hydrogen) atoms. The van der Waals surface area contributed by atoms with Gasteiger partial charge in [0, 0.05) is 16.1 Å². The first-order valence-corrected chi connectivity index (χ1v) is 5.79. The van der Waals surface area contributed by atoms with Crippen molar-refractivity contribution in [3.05, 3.63) is 34.6 Å². The van der Waals surface area contributed by atoms with Gasteiger partial charge in [0.25, 0.3) is 0 Å². The Kier molecular flexibility index (Phi) is 3.33. The van der Waals surface area contributed by atoms with Crippen molar-refractivity contribution >= 4 is 17.4 Å². The van der Waals surface area contributed by atoms with Crippen LogP contribution in [-0.2, 0) is 6.42 Å². The Morgan fingerprint density at radius 3 is 2.94 bits per heavy atom. The van der Waals surface area contributed by atoms with Crippen LogP contribution in [0.25, 0.3) is 11.3 Å². The number of nitrogens with one attached hydrogen (secondary N) is 1. The predicted octanol–water partition coefficient (Wildman–Crippen LogP) is 3.40. The lowest BCUT2D eigenvalue weighted by molar-refractivity contribution is 0.630. The average Bonchev–Trinajstić information content (AvgIpc) is 2.65. The lowest BCUT2D eigenvalue weighted by Gasteiger charge is -2.05. The van der Waals surface area contributed by atoms with Crippen LogP contribution in [-0.4, -0.2) is 10.2 Å². The molecule has 5 heteroatoms. The highest BCUT2D eigenvalue weighted by molar-refractivity contribution is 6.30. The van der Waals surface area contributed by atoms with Crippen LogP contribution >= 0.6 is 11.6 Å². The number of benzene rings is 1. The summed E-state index contributed by atoms with van der Waals surface area (Å²) < 4.78 is 13.7. The highest BCUT2D eigenvalue weighted by atomic mass is 35.5. The number of halogens is 2. The number of hydrogen-bond acceptors (Lipinski definition) is 2. The molecule has 3 N–H and O–H groups in total. The molecule has 0 saturated heterocycles. The van der Waals surface area contributed by atoms with Gasteiger partial charge in [0.1, 0.15) is 11.6 Å². The molecule has 2 aromatic rings. The maximum absolute atomic E-state index is 13.7. The fourth-order valence-electron chi connectivity index (χ4n) is 1.79.